The van der Waals surface area contributed by atoms with Gasteiger partial charge in [0.2, 0.25) is 0 Å². The molecule has 0 amide bonds. The molecule has 8 nitrogen and oxygen atoms in total. The molecule has 0 saturated carbocycles. The van der Waals surface area contributed by atoms with E-state index in [2.05, 4.69) is 22.4 Å². The molecular weight excluding hydrogens is 477 g/mol. The van der Waals surface area contributed by atoms with Crippen LogP contribution < -0.4 is 10.1 Å². The standard InChI is InChI=1S/C28H38FN3O5/c1-18(2)20-15-23(26(35-3)24(29)16-20)25(28(33)34)32-11-8-22(17-32)37-14-13-36-12-9-21-7-6-19-5-4-10-30-27(19)31-21/h6-7,15-16,18,22,25H,4-5,8-14,17H2,1-3H3,(H,30,31)(H,33,34)/t22-,25?/m1/s1. The summed E-state index contributed by atoms with van der Waals surface area (Å²) in [5, 5.41) is 13.4. The van der Waals surface area contributed by atoms with Crippen molar-refractivity contribution in [3.8, 4) is 5.75 Å². The van der Waals surface area contributed by atoms with Gasteiger partial charge in [0.15, 0.2) is 11.6 Å². The highest BCUT2D eigenvalue weighted by Crippen LogP contribution is 2.36. The summed E-state index contributed by atoms with van der Waals surface area (Å²) in [7, 11) is 1.37. The maximum Gasteiger partial charge on any atom is 0.325 e. The summed E-state index contributed by atoms with van der Waals surface area (Å²) in [6, 6.07) is 6.37. The van der Waals surface area contributed by atoms with Crippen LogP contribution in [0, 0.1) is 5.82 Å². The minimum atomic E-state index is -1.03. The second-order valence-corrected chi connectivity index (χ2v) is 10.0. The fraction of sp³-hybridized carbons (Fsp3) is 0.571. The minimum absolute atomic E-state index is 0.0150. The third-order valence-electron chi connectivity index (χ3n) is 7.07. The highest BCUT2D eigenvalue weighted by molar-refractivity contribution is 5.77. The van der Waals surface area contributed by atoms with E-state index in [1.54, 1.807) is 6.07 Å². The number of carboxylic acid groups (broad SMARTS) is 1. The van der Waals surface area contributed by atoms with E-state index in [9.17, 15) is 14.3 Å². The number of methoxy groups -OCH3 is 1. The summed E-state index contributed by atoms with van der Waals surface area (Å²) < 4.78 is 31.7. The summed E-state index contributed by atoms with van der Waals surface area (Å²) in [6.45, 7) is 7.29. The zero-order valence-electron chi connectivity index (χ0n) is 22.0. The van der Waals surface area contributed by atoms with Gasteiger partial charge in [0, 0.05) is 37.3 Å². The largest absolute Gasteiger partial charge is 0.493 e. The van der Waals surface area contributed by atoms with Gasteiger partial charge >= 0.3 is 5.97 Å². The summed E-state index contributed by atoms with van der Waals surface area (Å²) in [5.41, 5.74) is 3.36. The Kier molecular flexibility index (Phi) is 9.34. The third kappa shape index (κ3) is 6.77. The van der Waals surface area contributed by atoms with E-state index >= 15 is 0 Å². The van der Waals surface area contributed by atoms with Crippen molar-refractivity contribution in [2.24, 2.45) is 0 Å². The van der Waals surface area contributed by atoms with Crippen molar-refractivity contribution in [2.45, 2.75) is 57.6 Å². The highest BCUT2D eigenvalue weighted by Gasteiger charge is 2.36. The first-order valence-corrected chi connectivity index (χ1v) is 13.1. The van der Waals surface area contributed by atoms with E-state index in [4.69, 9.17) is 14.2 Å². The Labute approximate surface area is 218 Å². The van der Waals surface area contributed by atoms with Crippen molar-refractivity contribution in [2.75, 3.05) is 51.9 Å². The van der Waals surface area contributed by atoms with Crippen LogP contribution >= 0.6 is 0 Å². The molecule has 2 N–H and O–H groups in total. The molecule has 1 saturated heterocycles. The number of pyridine rings is 1. The Morgan fingerprint density at radius 3 is 2.86 bits per heavy atom. The van der Waals surface area contributed by atoms with Gasteiger partial charge in [-0.3, -0.25) is 9.69 Å². The van der Waals surface area contributed by atoms with Crippen LogP contribution in [0.1, 0.15) is 61.0 Å². The Morgan fingerprint density at radius 1 is 1.27 bits per heavy atom. The van der Waals surface area contributed by atoms with Crippen LogP contribution in [0.2, 0.25) is 0 Å². The fourth-order valence-corrected chi connectivity index (χ4v) is 5.06. The molecule has 0 aliphatic carbocycles. The van der Waals surface area contributed by atoms with Gasteiger partial charge in [-0.2, -0.15) is 0 Å². The molecule has 2 aliphatic rings. The molecule has 9 heteroatoms. The van der Waals surface area contributed by atoms with Gasteiger partial charge in [-0.15, -0.1) is 0 Å². The van der Waals surface area contributed by atoms with Crippen molar-refractivity contribution in [1.29, 1.82) is 0 Å². The van der Waals surface area contributed by atoms with E-state index < -0.39 is 17.8 Å². The van der Waals surface area contributed by atoms with Gasteiger partial charge in [-0.25, -0.2) is 9.37 Å². The van der Waals surface area contributed by atoms with Crippen LogP contribution in [0.25, 0.3) is 0 Å². The fourth-order valence-electron chi connectivity index (χ4n) is 5.06. The molecule has 1 aromatic heterocycles. The molecule has 2 atom stereocenters. The number of hydrogen-bond donors (Lipinski definition) is 2. The lowest BCUT2D eigenvalue weighted by molar-refractivity contribution is -0.143. The predicted molar refractivity (Wildman–Crippen MR) is 139 cm³/mol. The van der Waals surface area contributed by atoms with Gasteiger partial charge in [0.05, 0.1) is 33.0 Å². The number of likely N-dealkylation sites (tertiary alicyclic amines) is 1. The smallest absolute Gasteiger partial charge is 0.325 e. The third-order valence-corrected chi connectivity index (χ3v) is 7.07. The van der Waals surface area contributed by atoms with E-state index in [1.165, 1.54) is 18.7 Å². The van der Waals surface area contributed by atoms with Gasteiger partial charge in [0.25, 0.3) is 0 Å². The highest BCUT2D eigenvalue weighted by atomic mass is 19.1. The van der Waals surface area contributed by atoms with Gasteiger partial charge < -0.3 is 24.6 Å². The zero-order valence-corrected chi connectivity index (χ0v) is 22.0. The van der Waals surface area contributed by atoms with Crippen LogP contribution in [0.4, 0.5) is 10.2 Å². The quantitative estimate of drug-likeness (QED) is 0.407. The number of nitrogens with zero attached hydrogens (tertiary/aromatic N) is 2. The summed E-state index contributed by atoms with van der Waals surface area (Å²) in [5.74, 6) is -0.537. The van der Waals surface area contributed by atoms with E-state index in [0.29, 0.717) is 44.9 Å². The average molecular weight is 516 g/mol. The Hall–Kier alpha value is -2.75. The molecular formula is C28H38FN3O5. The molecule has 0 spiro atoms. The van der Waals surface area contributed by atoms with Crippen LogP contribution in [0.15, 0.2) is 24.3 Å². The number of benzene rings is 1. The van der Waals surface area contributed by atoms with Crippen molar-refractivity contribution in [3.05, 3.63) is 52.5 Å². The summed E-state index contributed by atoms with van der Waals surface area (Å²) >= 11 is 0. The van der Waals surface area contributed by atoms with Gasteiger partial charge in [-0.1, -0.05) is 19.9 Å². The minimum Gasteiger partial charge on any atom is -0.493 e. The molecule has 3 heterocycles. The molecule has 37 heavy (non-hydrogen) atoms. The van der Waals surface area contributed by atoms with E-state index in [1.807, 2.05) is 18.7 Å². The predicted octanol–water partition coefficient (Wildman–Crippen LogP) is 4.19. The summed E-state index contributed by atoms with van der Waals surface area (Å²) in [4.78, 5) is 18.8. The number of rotatable bonds is 12. The summed E-state index contributed by atoms with van der Waals surface area (Å²) in [6.07, 6.45) is 3.54. The van der Waals surface area contributed by atoms with Crippen molar-refractivity contribution < 1.29 is 28.5 Å². The molecule has 0 bridgehead atoms. The molecule has 4 rings (SSSR count). The lowest BCUT2D eigenvalue weighted by atomic mass is 9.95. The Bertz CT molecular complexity index is 1080. The molecule has 202 valence electrons. The number of nitrogens with one attached hydrogen (secondary N) is 1. The molecule has 2 aromatic rings. The Morgan fingerprint density at radius 2 is 2.11 bits per heavy atom. The van der Waals surface area contributed by atoms with Crippen LogP contribution in [0.3, 0.4) is 0 Å². The van der Waals surface area contributed by atoms with Crippen LogP contribution in [0.5, 0.6) is 5.75 Å². The second-order valence-electron chi connectivity index (χ2n) is 10.0. The number of hydrogen-bond acceptors (Lipinski definition) is 7. The molecule has 1 fully saturated rings. The lowest BCUT2D eigenvalue weighted by Gasteiger charge is -2.27. The Balaban J connectivity index is 1.25. The maximum atomic E-state index is 14.7. The number of ether oxygens (including phenoxy) is 3. The van der Waals surface area contributed by atoms with Crippen molar-refractivity contribution in [3.63, 3.8) is 0 Å². The van der Waals surface area contributed by atoms with Crippen molar-refractivity contribution >= 4 is 11.8 Å². The topological polar surface area (TPSA) is 93.2 Å². The molecule has 2 aliphatic heterocycles. The SMILES string of the molecule is COc1c(F)cc(C(C)C)cc1C(C(=O)O)N1CC[C@@H](OCCOCCc2ccc3c(n2)NCCC3)C1. The number of carbonyl (C=O) groups is 1. The number of fused-ring (bicyclic) bond motifs is 1. The number of aliphatic carboxylic acids is 1. The molecule has 1 aromatic carbocycles. The average Bonchev–Trinajstić information content (AvgIpc) is 3.33. The van der Waals surface area contributed by atoms with Crippen LogP contribution in [-0.2, 0) is 27.1 Å². The van der Waals surface area contributed by atoms with Crippen LogP contribution in [-0.4, -0.2) is 73.6 Å². The first-order valence-electron chi connectivity index (χ1n) is 13.1. The lowest BCUT2D eigenvalue weighted by Crippen LogP contribution is -2.34. The first-order chi connectivity index (χ1) is 17.9. The normalized spacial score (nSPS) is 18.5. The van der Waals surface area contributed by atoms with E-state index in [0.717, 1.165) is 42.9 Å². The number of aromatic nitrogens is 1. The number of anilines is 1. The number of halogens is 1. The van der Waals surface area contributed by atoms with E-state index in [-0.39, 0.29) is 17.8 Å². The molecule has 0 radical (unpaired) electrons. The van der Waals surface area contributed by atoms with Gasteiger partial charge in [-0.05, 0) is 54.5 Å². The number of aryl methyl sites for hydroxylation is 1. The van der Waals surface area contributed by atoms with Crippen molar-refractivity contribution in [1.82, 2.24) is 9.88 Å². The maximum absolute atomic E-state index is 14.7. The number of carboxylic acids is 1. The first kappa shape index (κ1) is 27.3. The van der Waals surface area contributed by atoms with Gasteiger partial charge in [0.1, 0.15) is 11.9 Å². The monoisotopic (exact) mass is 515 g/mol. The molecule has 1 unspecified atom stereocenters. The second kappa shape index (κ2) is 12.7. The zero-order chi connectivity index (χ0) is 26.4.